The molecular weight excluding hydrogens is 395 g/mol. The second-order valence-electron chi connectivity index (χ2n) is 6.07. The number of hydrogen-bond acceptors (Lipinski definition) is 5. The van der Waals surface area contributed by atoms with Crippen LogP contribution in [-0.4, -0.2) is 34.1 Å². The van der Waals surface area contributed by atoms with Crippen molar-refractivity contribution in [3.8, 4) is 0 Å². The quantitative estimate of drug-likeness (QED) is 0.402. The van der Waals surface area contributed by atoms with Gasteiger partial charge < -0.3 is 4.90 Å². The van der Waals surface area contributed by atoms with Crippen LogP contribution >= 0.6 is 24.0 Å². The molecule has 0 atom stereocenters. The van der Waals surface area contributed by atoms with Crippen LogP contribution in [0.1, 0.15) is 29.8 Å². The Kier molecular flexibility index (Phi) is 6.26. The van der Waals surface area contributed by atoms with Crippen molar-refractivity contribution in [2.45, 2.75) is 13.8 Å². The van der Waals surface area contributed by atoms with E-state index >= 15 is 0 Å². The number of carbonyl (C=O) groups is 2. The number of rotatable bonds is 5. The Morgan fingerprint density at radius 2 is 1.79 bits per heavy atom. The number of imide groups is 1. The molecule has 7 heteroatoms. The molecule has 3 rings (SSSR count). The summed E-state index contributed by atoms with van der Waals surface area (Å²) in [6.45, 7) is 6.00. The fourth-order valence-electron chi connectivity index (χ4n) is 2.92. The molecule has 4 nitrogen and oxygen atoms in total. The maximum Gasteiger partial charge on any atom is 0.273 e. The number of carbonyl (C=O) groups excluding carboxylic acids is 2. The largest absolute Gasteiger partial charge is 0.372 e. The van der Waals surface area contributed by atoms with Gasteiger partial charge in [-0.05, 0) is 49.8 Å². The van der Waals surface area contributed by atoms with Crippen LogP contribution in [-0.2, 0) is 4.79 Å². The third-order valence-corrected chi connectivity index (χ3v) is 5.72. The van der Waals surface area contributed by atoms with Crippen molar-refractivity contribution in [1.82, 2.24) is 4.90 Å². The van der Waals surface area contributed by atoms with Crippen molar-refractivity contribution >= 4 is 51.9 Å². The zero-order valence-corrected chi connectivity index (χ0v) is 17.1. The predicted molar refractivity (Wildman–Crippen MR) is 116 cm³/mol. The van der Waals surface area contributed by atoms with E-state index in [9.17, 15) is 14.0 Å². The molecule has 0 radical (unpaired) electrons. The third kappa shape index (κ3) is 4.00. The predicted octanol–water partition coefficient (Wildman–Crippen LogP) is 4.71. The summed E-state index contributed by atoms with van der Waals surface area (Å²) in [5.41, 5.74) is 1.75. The van der Waals surface area contributed by atoms with Crippen LogP contribution in [0.25, 0.3) is 6.08 Å². The molecule has 2 aromatic carbocycles. The molecule has 1 heterocycles. The molecule has 0 bridgehead atoms. The minimum Gasteiger partial charge on any atom is -0.372 e. The van der Waals surface area contributed by atoms with Crippen molar-refractivity contribution in [3.05, 3.63) is 70.4 Å². The topological polar surface area (TPSA) is 40.6 Å². The van der Waals surface area contributed by atoms with Crippen molar-refractivity contribution in [2.75, 3.05) is 18.0 Å². The van der Waals surface area contributed by atoms with Gasteiger partial charge >= 0.3 is 0 Å². The lowest BCUT2D eigenvalue weighted by molar-refractivity contribution is -0.120. The van der Waals surface area contributed by atoms with Gasteiger partial charge in [-0.3, -0.25) is 9.59 Å². The summed E-state index contributed by atoms with van der Waals surface area (Å²) in [5.74, 6) is -1.96. The van der Waals surface area contributed by atoms with E-state index in [-0.39, 0.29) is 9.88 Å². The molecule has 1 aliphatic rings. The monoisotopic (exact) mass is 414 g/mol. The second kappa shape index (κ2) is 8.67. The van der Waals surface area contributed by atoms with Crippen LogP contribution in [0.3, 0.4) is 0 Å². The van der Waals surface area contributed by atoms with Gasteiger partial charge in [0.15, 0.2) is 4.32 Å². The van der Waals surface area contributed by atoms with E-state index in [1.165, 1.54) is 18.2 Å². The van der Waals surface area contributed by atoms with Crippen LogP contribution in [0.5, 0.6) is 0 Å². The third-order valence-electron chi connectivity index (χ3n) is 4.42. The van der Waals surface area contributed by atoms with Gasteiger partial charge in [-0.15, -0.1) is 0 Å². The molecule has 1 saturated heterocycles. The zero-order chi connectivity index (χ0) is 20.3. The zero-order valence-electron chi connectivity index (χ0n) is 15.5. The number of halogens is 1. The van der Waals surface area contributed by atoms with E-state index in [0.29, 0.717) is 4.91 Å². The summed E-state index contributed by atoms with van der Waals surface area (Å²) >= 11 is 6.23. The fourth-order valence-corrected chi connectivity index (χ4v) is 4.17. The summed E-state index contributed by atoms with van der Waals surface area (Å²) in [6, 6.07) is 13.4. The first kappa shape index (κ1) is 20.2. The molecular formula is C21H19FN2O2S2. The highest BCUT2D eigenvalue weighted by Crippen LogP contribution is 2.34. The number of hydrogen-bond donors (Lipinski definition) is 0. The molecule has 0 unspecified atom stereocenters. The number of anilines is 1. The Hall–Kier alpha value is -2.51. The second-order valence-corrected chi connectivity index (χ2v) is 7.74. The molecule has 0 spiro atoms. The fraction of sp³-hybridized carbons (Fsp3) is 0.190. The van der Waals surface area contributed by atoms with Gasteiger partial charge in [0.2, 0.25) is 0 Å². The SMILES string of the molecule is CCN(CC)c1ccc(/C=C2/SC(=S)N(C(=O)c3ccccc3F)C2=O)cc1. The number of thioether (sulfide) groups is 1. The number of amides is 2. The molecule has 144 valence electrons. The van der Waals surface area contributed by atoms with Crippen LogP contribution in [0.4, 0.5) is 10.1 Å². The Labute approximate surface area is 173 Å². The summed E-state index contributed by atoms with van der Waals surface area (Å²) in [4.78, 5) is 28.7. The first-order chi connectivity index (χ1) is 13.5. The molecule has 0 saturated carbocycles. The van der Waals surface area contributed by atoms with Gasteiger partial charge in [-0.2, -0.15) is 0 Å². The lowest BCUT2D eigenvalue weighted by Gasteiger charge is -2.20. The standard InChI is InChI=1S/C21H19FN2O2S2/c1-3-23(4-2)15-11-9-14(10-12-15)13-18-20(26)24(21(27)28-18)19(25)16-7-5-6-8-17(16)22/h5-13H,3-4H2,1-2H3/b18-13+. The van der Waals surface area contributed by atoms with Crippen LogP contribution < -0.4 is 4.90 Å². The average Bonchev–Trinajstić information content (AvgIpc) is 2.97. The molecule has 0 aliphatic carbocycles. The van der Waals surface area contributed by atoms with E-state index in [0.717, 1.165) is 41.0 Å². The van der Waals surface area contributed by atoms with Gasteiger partial charge in [0.25, 0.3) is 11.8 Å². The Balaban J connectivity index is 1.83. The Bertz CT molecular complexity index is 953. The molecule has 1 aliphatic heterocycles. The normalized spacial score (nSPS) is 15.4. The van der Waals surface area contributed by atoms with E-state index in [1.807, 2.05) is 24.3 Å². The first-order valence-corrected chi connectivity index (χ1v) is 10.1. The summed E-state index contributed by atoms with van der Waals surface area (Å²) in [6.07, 6.45) is 1.69. The van der Waals surface area contributed by atoms with Crippen LogP contribution in [0.15, 0.2) is 53.4 Å². The van der Waals surface area contributed by atoms with Crippen molar-refractivity contribution in [2.24, 2.45) is 0 Å². The molecule has 2 amide bonds. The maximum atomic E-state index is 13.9. The van der Waals surface area contributed by atoms with E-state index in [4.69, 9.17) is 12.2 Å². The minimum absolute atomic E-state index is 0.101. The van der Waals surface area contributed by atoms with E-state index in [2.05, 4.69) is 18.7 Å². The van der Waals surface area contributed by atoms with Gasteiger partial charge in [-0.25, -0.2) is 9.29 Å². The summed E-state index contributed by atoms with van der Waals surface area (Å²) in [7, 11) is 0. The average molecular weight is 415 g/mol. The maximum absolute atomic E-state index is 13.9. The molecule has 2 aromatic rings. The van der Waals surface area contributed by atoms with Gasteiger partial charge in [0, 0.05) is 18.8 Å². The highest BCUT2D eigenvalue weighted by atomic mass is 32.2. The number of nitrogens with zero attached hydrogens (tertiary/aromatic N) is 2. The van der Waals surface area contributed by atoms with Gasteiger partial charge in [-0.1, -0.05) is 48.2 Å². The van der Waals surface area contributed by atoms with Gasteiger partial charge in [0.1, 0.15) is 5.82 Å². The highest BCUT2D eigenvalue weighted by molar-refractivity contribution is 8.26. The lowest BCUT2D eigenvalue weighted by atomic mass is 10.1. The number of benzene rings is 2. The van der Waals surface area contributed by atoms with Crippen molar-refractivity contribution < 1.29 is 14.0 Å². The summed E-state index contributed by atoms with van der Waals surface area (Å²) in [5, 5.41) is 0. The Morgan fingerprint density at radius 1 is 1.14 bits per heavy atom. The smallest absolute Gasteiger partial charge is 0.273 e. The van der Waals surface area contributed by atoms with Crippen molar-refractivity contribution in [3.63, 3.8) is 0 Å². The van der Waals surface area contributed by atoms with Crippen LogP contribution in [0, 0.1) is 5.82 Å². The molecule has 1 fully saturated rings. The minimum atomic E-state index is -0.749. The van der Waals surface area contributed by atoms with Crippen molar-refractivity contribution in [1.29, 1.82) is 0 Å². The molecule has 0 N–H and O–H groups in total. The first-order valence-electron chi connectivity index (χ1n) is 8.88. The molecule has 28 heavy (non-hydrogen) atoms. The van der Waals surface area contributed by atoms with E-state index in [1.54, 1.807) is 12.1 Å². The number of thiocarbonyl (C=S) groups is 1. The highest BCUT2D eigenvalue weighted by Gasteiger charge is 2.38. The van der Waals surface area contributed by atoms with Gasteiger partial charge in [0.05, 0.1) is 10.5 Å². The van der Waals surface area contributed by atoms with Crippen LogP contribution in [0.2, 0.25) is 0 Å². The van der Waals surface area contributed by atoms with E-state index < -0.39 is 17.6 Å². The lowest BCUT2D eigenvalue weighted by Crippen LogP contribution is -2.35. The summed E-state index contributed by atoms with van der Waals surface area (Å²) < 4.78 is 14.0. The Morgan fingerprint density at radius 3 is 2.39 bits per heavy atom. The molecule has 0 aromatic heterocycles.